The van der Waals surface area contributed by atoms with E-state index < -0.39 is 20.2 Å². The number of rotatable bonds is 6. The first-order chi connectivity index (χ1) is 17.8. The van der Waals surface area contributed by atoms with E-state index in [0.717, 1.165) is 36.8 Å². The highest BCUT2D eigenvalue weighted by atomic mass is 32.2. The van der Waals surface area contributed by atoms with E-state index in [1.54, 1.807) is 36.4 Å². The molecule has 8 nitrogen and oxygen atoms in total. The third kappa shape index (κ3) is 7.84. The first-order valence-electron chi connectivity index (χ1n) is 12.7. The van der Waals surface area contributed by atoms with Crippen LogP contribution >= 0.6 is 0 Å². The van der Waals surface area contributed by atoms with Gasteiger partial charge in [0.25, 0.3) is 20.2 Å². The monoisotopic (exact) mass is 564 g/mol. The Morgan fingerprint density at radius 3 is 1.18 bits per heavy atom. The Morgan fingerprint density at radius 1 is 0.605 bits per heavy atom. The summed E-state index contributed by atoms with van der Waals surface area (Å²) in [5, 5.41) is 19.0. The second-order valence-corrected chi connectivity index (χ2v) is 12.7. The average Bonchev–Trinajstić information content (AvgIpc) is 2.88. The van der Waals surface area contributed by atoms with Crippen LogP contribution in [0.3, 0.4) is 0 Å². The van der Waals surface area contributed by atoms with Crippen molar-refractivity contribution in [2.45, 2.75) is 85.2 Å². The van der Waals surface area contributed by atoms with Crippen molar-refractivity contribution in [1.29, 1.82) is 0 Å². The van der Waals surface area contributed by atoms with E-state index in [1.165, 1.54) is 12.1 Å². The molecule has 0 aromatic heterocycles. The van der Waals surface area contributed by atoms with Gasteiger partial charge in [-0.25, -0.2) is 0 Å². The maximum Gasteiger partial charge on any atom is 0.294 e. The van der Waals surface area contributed by atoms with Crippen molar-refractivity contribution in [2.24, 2.45) is 0 Å². The van der Waals surface area contributed by atoms with Gasteiger partial charge >= 0.3 is 0 Å². The van der Waals surface area contributed by atoms with Crippen molar-refractivity contribution in [2.75, 3.05) is 0 Å². The van der Waals surface area contributed by atoms with Crippen molar-refractivity contribution in [1.82, 2.24) is 0 Å². The summed E-state index contributed by atoms with van der Waals surface area (Å²) < 4.78 is 64.4. The Balaban J connectivity index is 0.000000211. The van der Waals surface area contributed by atoms with E-state index in [9.17, 15) is 36.2 Å². The minimum absolute atomic E-state index is 0.0283. The molecule has 2 aromatic carbocycles. The van der Waals surface area contributed by atoms with Gasteiger partial charge in [0.1, 0.15) is 0 Å². The van der Waals surface area contributed by atoms with Gasteiger partial charge < -0.3 is 10.2 Å². The molecule has 0 unspecified atom stereocenters. The van der Waals surface area contributed by atoms with Gasteiger partial charge in [0, 0.05) is 0 Å². The lowest BCUT2D eigenvalue weighted by molar-refractivity contribution is 0.122. The topological polar surface area (TPSA) is 149 Å². The average molecular weight is 565 g/mol. The third-order valence-electron chi connectivity index (χ3n) is 7.37. The lowest BCUT2D eigenvalue weighted by atomic mass is 9.82. The molecule has 2 aliphatic rings. The van der Waals surface area contributed by atoms with E-state index in [2.05, 4.69) is 13.2 Å². The van der Waals surface area contributed by atoms with Gasteiger partial charge in [-0.15, -0.1) is 0 Å². The van der Waals surface area contributed by atoms with Crippen LogP contribution in [-0.4, -0.2) is 48.4 Å². The molecule has 0 saturated heterocycles. The van der Waals surface area contributed by atoms with Crippen LogP contribution in [0.25, 0.3) is 12.2 Å². The van der Waals surface area contributed by atoms with Crippen molar-refractivity contribution in [3.8, 4) is 0 Å². The molecule has 0 atom stereocenters. The molecule has 10 heteroatoms. The Labute approximate surface area is 225 Å². The van der Waals surface area contributed by atoms with Crippen molar-refractivity contribution in [3.05, 3.63) is 71.8 Å². The summed E-state index contributed by atoms with van der Waals surface area (Å²) in [6.45, 7) is 7.34. The predicted octanol–water partition coefficient (Wildman–Crippen LogP) is 5.19. The predicted molar refractivity (Wildman–Crippen MR) is 147 cm³/mol. The van der Waals surface area contributed by atoms with Crippen LogP contribution in [0.4, 0.5) is 0 Å². The summed E-state index contributed by atoms with van der Waals surface area (Å²) in [5.74, 6) is 0.112. The molecule has 38 heavy (non-hydrogen) atoms. The highest BCUT2D eigenvalue weighted by Crippen LogP contribution is 2.38. The summed E-state index contributed by atoms with van der Waals surface area (Å²) in [6, 6.07) is 9.62. The number of hydrogen-bond acceptors (Lipinski definition) is 6. The van der Waals surface area contributed by atoms with Crippen molar-refractivity contribution < 1.29 is 36.2 Å². The molecular formula is C28H36O8S2. The number of benzene rings is 2. The largest absolute Gasteiger partial charge is 0.393 e. The van der Waals surface area contributed by atoms with Gasteiger partial charge in [-0.2, -0.15) is 16.8 Å². The molecule has 4 N–H and O–H groups in total. The standard InChI is InChI=1S/2C14H18O4S/c2*1-2-10-3-8-14(19(16,17)18)13(9-10)11-4-6-12(15)7-5-11/h2*2-3,8-9,11-12,15H,1,4-7H2,(H,16,17,18). The third-order valence-corrected chi connectivity index (χ3v) is 9.22. The quantitative estimate of drug-likeness (QED) is 0.350. The Hall–Kier alpha value is -2.34. The summed E-state index contributed by atoms with van der Waals surface area (Å²) in [6.07, 6.45) is 8.25. The summed E-state index contributed by atoms with van der Waals surface area (Å²) in [5.41, 5.74) is 2.92. The normalized spacial score (nSPS) is 24.1. The van der Waals surface area contributed by atoms with Crippen molar-refractivity contribution in [3.63, 3.8) is 0 Å². The van der Waals surface area contributed by atoms with Gasteiger partial charge in [0.2, 0.25) is 0 Å². The van der Waals surface area contributed by atoms with Crippen LogP contribution in [0.5, 0.6) is 0 Å². The molecule has 0 amide bonds. The fraction of sp³-hybridized carbons (Fsp3) is 0.429. The van der Waals surface area contributed by atoms with Crippen LogP contribution < -0.4 is 0 Å². The Bertz CT molecular complexity index is 1240. The molecule has 0 radical (unpaired) electrons. The molecule has 2 fully saturated rings. The second kappa shape index (κ2) is 12.7. The van der Waals surface area contributed by atoms with Gasteiger partial charge in [0.15, 0.2) is 0 Å². The molecule has 2 saturated carbocycles. The smallest absolute Gasteiger partial charge is 0.294 e. The summed E-state index contributed by atoms with van der Waals surface area (Å²) >= 11 is 0. The van der Waals surface area contributed by atoms with E-state index in [1.807, 2.05) is 0 Å². The zero-order valence-corrected chi connectivity index (χ0v) is 22.9. The molecule has 4 rings (SSSR count). The molecule has 0 aliphatic heterocycles. The molecule has 208 valence electrons. The zero-order chi connectivity index (χ0) is 28.1. The van der Waals surface area contributed by atoms with Gasteiger partial charge in [0.05, 0.1) is 22.0 Å². The second-order valence-electron chi connectivity index (χ2n) is 9.96. The zero-order valence-electron chi connectivity index (χ0n) is 21.2. The SMILES string of the molecule is C=Cc1ccc(S(=O)(=O)O)c(C2CCC(O)CC2)c1.C=Cc1ccc(S(=O)(=O)O)c(C2CCC(O)CC2)c1. The molecule has 2 aromatic rings. The van der Waals surface area contributed by atoms with E-state index in [0.29, 0.717) is 36.8 Å². The first-order valence-corrected chi connectivity index (χ1v) is 15.5. The van der Waals surface area contributed by atoms with Crippen LogP contribution in [0.1, 0.15) is 85.5 Å². The molecule has 0 heterocycles. The maximum atomic E-state index is 11.4. The number of hydrogen-bond donors (Lipinski definition) is 4. The highest BCUT2D eigenvalue weighted by Gasteiger charge is 2.27. The lowest BCUT2D eigenvalue weighted by Gasteiger charge is -2.27. The molecule has 0 bridgehead atoms. The molecule has 0 spiro atoms. The Morgan fingerprint density at radius 2 is 0.921 bits per heavy atom. The van der Waals surface area contributed by atoms with Crippen LogP contribution in [0.15, 0.2) is 59.3 Å². The minimum atomic E-state index is -4.22. The summed E-state index contributed by atoms with van der Waals surface area (Å²) in [7, 11) is -8.44. The highest BCUT2D eigenvalue weighted by molar-refractivity contribution is 7.86. The summed E-state index contributed by atoms with van der Waals surface area (Å²) in [4.78, 5) is -0.0565. The fourth-order valence-corrected chi connectivity index (χ4v) is 6.80. The van der Waals surface area contributed by atoms with Gasteiger partial charge in [-0.1, -0.05) is 49.6 Å². The minimum Gasteiger partial charge on any atom is -0.393 e. The fourth-order valence-electron chi connectivity index (χ4n) is 5.27. The van der Waals surface area contributed by atoms with Crippen LogP contribution in [-0.2, 0) is 20.2 Å². The molecule has 2 aliphatic carbocycles. The van der Waals surface area contributed by atoms with E-state index in [-0.39, 0.29) is 33.8 Å². The van der Waals surface area contributed by atoms with Crippen molar-refractivity contribution >= 4 is 32.4 Å². The van der Waals surface area contributed by atoms with E-state index in [4.69, 9.17) is 0 Å². The van der Waals surface area contributed by atoms with Gasteiger partial charge in [-0.05, 0) is 97.6 Å². The first kappa shape index (κ1) is 30.2. The van der Waals surface area contributed by atoms with Gasteiger partial charge in [-0.3, -0.25) is 9.11 Å². The molecular weight excluding hydrogens is 528 g/mol. The Kier molecular flexibility index (Phi) is 10.1. The van der Waals surface area contributed by atoms with E-state index >= 15 is 0 Å². The lowest BCUT2D eigenvalue weighted by Crippen LogP contribution is -2.18. The van der Waals surface area contributed by atoms with Crippen LogP contribution in [0.2, 0.25) is 0 Å². The van der Waals surface area contributed by atoms with Crippen LogP contribution in [0, 0.1) is 0 Å². The number of aliphatic hydroxyl groups is 2. The maximum absolute atomic E-state index is 11.4. The number of aliphatic hydroxyl groups excluding tert-OH is 2.